The Kier molecular flexibility index (Phi) is 6.20. The summed E-state index contributed by atoms with van der Waals surface area (Å²) in [5, 5.41) is 6.96. The third-order valence-corrected chi connectivity index (χ3v) is 6.34. The number of esters is 1. The fraction of sp³-hybridized carbons (Fsp3) is 0.333. The molecule has 2 unspecified atom stereocenters. The maximum atomic E-state index is 12.3. The molecular weight excluding hydrogens is 396 g/mol. The standard InChI is InChI=1S/C21H23ClN2O3S/c1-4-27-19(26)12-21(3)20(28-16-8-5-14(22)6-9-16)17-11-15(23-13(2)25)7-10-18(17)24-21/h5-11,20,24H,4,12H2,1-3H3,(H,23,25). The summed E-state index contributed by atoms with van der Waals surface area (Å²) in [6.45, 7) is 5.66. The van der Waals surface area contributed by atoms with Gasteiger partial charge in [-0.1, -0.05) is 11.6 Å². The SMILES string of the molecule is CCOC(=O)CC1(C)Nc2ccc(NC(C)=O)cc2C1Sc1ccc(Cl)cc1. The van der Waals surface area contributed by atoms with Crippen molar-refractivity contribution in [2.45, 2.75) is 42.9 Å². The molecule has 1 aliphatic rings. The molecule has 0 aliphatic carbocycles. The molecule has 0 bridgehead atoms. The van der Waals surface area contributed by atoms with Crippen molar-refractivity contribution in [3.05, 3.63) is 53.1 Å². The number of hydrogen-bond acceptors (Lipinski definition) is 5. The van der Waals surface area contributed by atoms with Gasteiger partial charge in [0, 0.05) is 28.2 Å². The third kappa shape index (κ3) is 4.62. The van der Waals surface area contributed by atoms with Gasteiger partial charge in [0.15, 0.2) is 0 Å². The number of hydrogen-bond donors (Lipinski definition) is 2. The van der Waals surface area contributed by atoms with E-state index in [1.807, 2.05) is 49.4 Å². The molecular formula is C21H23ClN2O3S. The van der Waals surface area contributed by atoms with Crippen molar-refractivity contribution < 1.29 is 14.3 Å². The van der Waals surface area contributed by atoms with Gasteiger partial charge >= 0.3 is 5.97 Å². The minimum Gasteiger partial charge on any atom is -0.466 e. The first-order chi connectivity index (χ1) is 13.3. The molecule has 0 spiro atoms. The topological polar surface area (TPSA) is 67.4 Å². The first kappa shape index (κ1) is 20.6. The lowest BCUT2D eigenvalue weighted by atomic mass is 9.93. The minimum absolute atomic E-state index is 0.0539. The molecule has 0 saturated carbocycles. The zero-order valence-electron chi connectivity index (χ0n) is 16.0. The number of benzene rings is 2. The molecule has 148 valence electrons. The van der Waals surface area contributed by atoms with Gasteiger partial charge in [-0.2, -0.15) is 0 Å². The highest BCUT2D eigenvalue weighted by atomic mass is 35.5. The maximum Gasteiger partial charge on any atom is 0.308 e. The second-order valence-corrected chi connectivity index (χ2v) is 8.57. The van der Waals surface area contributed by atoms with E-state index in [9.17, 15) is 9.59 Å². The fourth-order valence-corrected chi connectivity index (χ4v) is 4.80. The van der Waals surface area contributed by atoms with E-state index in [2.05, 4.69) is 10.6 Å². The summed E-state index contributed by atoms with van der Waals surface area (Å²) in [5.74, 6) is -0.365. The number of anilines is 2. The molecule has 0 saturated heterocycles. The highest BCUT2D eigenvalue weighted by Gasteiger charge is 2.45. The van der Waals surface area contributed by atoms with E-state index in [4.69, 9.17) is 16.3 Å². The van der Waals surface area contributed by atoms with Gasteiger partial charge in [0.1, 0.15) is 0 Å². The monoisotopic (exact) mass is 418 g/mol. The summed E-state index contributed by atoms with van der Waals surface area (Å²) in [5.41, 5.74) is 2.19. The number of rotatable bonds is 6. The Labute approximate surface area is 174 Å². The first-order valence-electron chi connectivity index (χ1n) is 9.08. The van der Waals surface area contributed by atoms with Crippen LogP contribution in [0.5, 0.6) is 0 Å². The largest absolute Gasteiger partial charge is 0.466 e. The van der Waals surface area contributed by atoms with E-state index in [0.717, 1.165) is 21.8 Å². The Morgan fingerprint density at radius 2 is 1.96 bits per heavy atom. The van der Waals surface area contributed by atoms with E-state index in [1.54, 1.807) is 18.7 Å². The van der Waals surface area contributed by atoms with Crippen molar-refractivity contribution >= 4 is 46.6 Å². The van der Waals surface area contributed by atoms with Crippen LogP contribution in [0.15, 0.2) is 47.4 Å². The van der Waals surface area contributed by atoms with Crippen LogP contribution in [-0.4, -0.2) is 24.0 Å². The molecule has 0 aromatic heterocycles. The molecule has 2 N–H and O–H groups in total. The number of ether oxygens (including phenoxy) is 1. The second-order valence-electron chi connectivity index (χ2n) is 6.96. The number of thioether (sulfide) groups is 1. The molecule has 28 heavy (non-hydrogen) atoms. The van der Waals surface area contributed by atoms with E-state index in [-0.39, 0.29) is 23.5 Å². The minimum atomic E-state index is -0.534. The van der Waals surface area contributed by atoms with Gasteiger partial charge in [-0.05, 0) is 61.9 Å². The average molecular weight is 419 g/mol. The maximum absolute atomic E-state index is 12.3. The molecule has 1 heterocycles. The number of halogens is 1. The summed E-state index contributed by atoms with van der Waals surface area (Å²) in [4.78, 5) is 24.8. The van der Waals surface area contributed by atoms with Crippen molar-refractivity contribution in [3.63, 3.8) is 0 Å². The Morgan fingerprint density at radius 3 is 2.61 bits per heavy atom. The van der Waals surface area contributed by atoms with Crippen molar-refractivity contribution in [2.75, 3.05) is 17.2 Å². The normalized spacial score (nSPS) is 20.2. The average Bonchev–Trinajstić information content (AvgIpc) is 2.88. The first-order valence-corrected chi connectivity index (χ1v) is 10.3. The van der Waals surface area contributed by atoms with Crippen LogP contribution in [0, 0.1) is 0 Å². The third-order valence-electron chi connectivity index (χ3n) is 4.54. The van der Waals surface area contributed by atoms with Crippen LogP contribution in [-0.2, 0) is 14.3 Å². The highest BCUT2D eigenvalue weighted by molar-refractivity contribution is 7.99. The Hall–Kier alpha value is -2.18. The van der Waals surface area contributed by atoms with Gasteiger partial charge in [0.25, 0.3) is 0 Å². The quantitative estimate of drug-likeness (QED) is 0.625. The lowest BCUT2D eigenvalue weighted by Gasteiger charge is -2.31. The predicted octanol–water partition coefficient (Wildman–Crippen LogP) is 5.27. The van der Waals surface area contributed by atoms with Gasteiger partial charge in [0.2, 0.25) is 5.91 Å². The van der Waals surface area contributed by atoms with E-state index >= 15 is 0 Å². The number of carbonyl (C=O) groups is 2. The molecule has 7 heteroatoms. The van der Waals surface area contributed by atoms with Gasteiger partial charge in [-0.25, -0.2) is 0 Å². The lowest BCUT2D eigenvalue weighted by Crippen LogP contribution is -2.38. The Balaban J connectivity index is 1.96. The smallest absolute Gasteiger partial charge is 0.308 e. The Bertz CT molecular complexity index is 888. The second kappa shape index (κ2) is 8.45. The molecule has 3 rings (SSSR count). The number of nitrogens with one attached hydrogen (secondary N) is 2. The van der Waals surface area contributed by atoms with Crippen LogP contribution in [0.25, 0.3) is 0 Å². The van der Waals surface area contributed by atoms with Crippen LogP contribution >= 0.6 is 23.4 Å². The molecule has 2 atom stereocenters. The zero-order chi connectivity index (χ0) is 20.3. The van der Waals surface area contributed by atoms with Crippen molar-refractivity contribution in [1.29, 1.82) is 0 Å². The molecule has 0 fully saturated rings. The molecule has 1 amide bonds. The summed E-state index contributed by atoms with van der Waals surface area (Å²) in [6, 6.07) is 13.4. The summed E-state index contributed by atoms with van der Waals surface area (Å²) >= 11 is 7.67. The van der Waals surface area contributed by atoms with Gasteiger partial charge in [-0.3, -0.25) is 9.59 Å². The molecule has 2 aromatic rings. The van der Waals surface area contributed by atoms with Crippen LogP contribution in [0.4, 0.5) is 11.4 Å². The van der Waals surface area contributed by atoms with Crippen LogP contribution in [0.1, 0.15) is 38.0 Å². The van der Waals surface area contributed by atoms with Gasteiger partial charge in [0.05, 0.1) is 23.8 Å². The number of carbonyl (C=O) groups excluding carboxylic acids is 2. The summed E-state index contributed by atoms with van der Waals surface area (Å²) in [6.07, 6.45) is 0.232. The van der Waals surface area contributed by atoms with Crippen molar-refractivity contribution in [1.82, 2.24) is 0 Å². The van der Waals surface area contributed by atoms with Crippen LogP contribution < -0.4 is 10.6 Å². The van der Waals surface area contributed by atoms with E-state index in [0.29, 0.717) is 11.6 Å². The number of fused-ring (bicyclic) bond motifs is 1. The van der Waals surface area contributed by atoms with Gasteiger partial charge in [-0.15, -0.1) is 11.8 Å². The molecule has 0 radical (unpaired) electrons. The van der Waals surface area contributed by atoms with Crippen molar-refractivity contribution in [2.24, 2.45) is 0 Å². The lowest BCUT2D eigenvalue weighted by molar-refractivity contribution is -0.144. The number of amides is 1. The van der Waals surface area contributed by atoms with Crippen LogP contribution in [0.3, 0.4) is 0 Å². The van der Waals surface area contributed by atoms with Crippen LogP contribution in [0.2, 0.25) is 5.02 Å². The molecule has 5 nitrogen and oxygen atoms in total. The molecule has 1 aliphatic heterocycles. The zero-order valence-corrected chi connectivity index (χ0v) is 17.6. The molecule has 2 aromatic carbocycles. The summed E-state index contributed by atoms with van der Waals surface area (Å²) in [7, 11) is 0. The van der Waals surface area contributed by atoms with E-state index < -0.39 is 5.54 Å². The van der Waals surface area contributed by atoms with E-state index in [1.165, 1.54) is 6.92 Å². The van der Waals surface area contributed by atoms with Gasteiger partial charge < -0.3 is 15.4 Å². The summed E-state index contributed by atoms with van der Waals surface area (Å²) < 4.78 is 5.20. The Morgan fingerprint density at radius 1 is 1.25 bits per heavy atom. The fourth-order valence-electron chi connectivity index (χ4n) is 3.38. The van der Waals surface area contributed by atoms with Crippen molar-refractivity contribution in [3.8, 4) is 0 Å². The highest BCUT2D eigenvalue weighted by Crippen LogP contribution is 2.53. The predicted molar refractivity (Wildman–Crippen MR) is 114 cm³/mol.